The second kappa shape index (κ2) is 7.62. The molecule has 0 aliphatic heterocycles. The van der Waals surface area contributed by atoms with Crippen molar-refractivity contribution < 1.29 is 10.2 Å². The number of hydrogen-bond donors (Lipinski definition) is 5. The first-order chi connectivity index (χ1) is 11.7. The number of aliphatic hydroxyl groups is 2. The van der Waals surface area contributed by atoms with Crippen LogP contribution in [0.2, 0.25) is 0 Å². The first-order valence-electron chi connectivity index (χ1n) is 8.18. The van der Waals surface area contributed by atoms with Gasteiger partial charge in [0, 0.05) is 30.1 Å². The molecule has 0 spiro atoms. The molecular formula is C17H26N6O2. The zero-order chi connectivity index (χ0) is 18.6. The molecule has 2 heterocycles. The minimum absolute atomic E-state index is 0.346. The molecule has 1 saturated carbocycles. The maximum atomic E-state index is 8.08. The maximum absolute atomic E-state index is 8.08. The van der Waals surface area contributed by atoms with Crippen molar-refractivity contribution in [1.82, 2.24) is 14.5 Å². The lowest BCUT2D eigenvalue weighted by molar-refractivity contribution is -0.127. The fourth-order valence-corrected chi connectivity index (χ4v) is 3.03. The van der Waals surface area contributed by atoms with Crippen LogP contribution in [0.1, 0.15) is 39.2 Å². The van der Waals surface area contributed by atoms with Crippen LogP contribution in [0.4, 0.5) is 5.82 Å². The van der Waals surface area contributed by atoms with Gasteiger partial charge in [0.05, 0.1) is 5.39 Å². The monoisotopic (exact) mass is 346 g/mol. The molecule has 0 aromatic carbocycles. The lowest BCUT2D eigenvalue weighted by Crippen LogP contribution is -2.15. The van der Waals surface area contributed by atoms with Crippen LogP contribution in [-0.2, 0) is 0 Å². The van der Waals surface area contributed by atoms with Gasteiger partial charge in [0.2, 0.25) is 0 Å². The van der Waals surface area contributed by atoms with Gasteiger partial charge in [0.1, 0.15) is 17.8 Å². The summed E-state index contributed by atoms with van der Waals surface area (Å²) in [6.07, 6.45) is 9.54. The average Bonchev–Trinajstić information content (AvgIpc) is 3.12. The van der Waals surface area contributed by atoms with Crippen molar-refractivity contribution in [3.8, 4) is 0 Å². The topological polar surface area (TPSA) is 147 Å². The first kappa shape index (κ1) is 18.9. The average molecular weight is 346 g/mol. The van der Waals surface area contributed by atoms with Crippen molar-refractivity contribution >= 4 is 23.1 Å². The van der Waals surface area contributed by atoms with Gasteiger partial charge in [-0.15, -0.1) is 0 Å². The summed E-state index contributed by atoms with van der Waals surface area (Å²) in [5, 5.41) is 24.2. The molecule has 1 fully saturated rings. The van der Waals surface area contributed by atoms with E-state index in [-0.39, 0.29) is 0 Å². The van der Waals surface area contributed by atoms with Crippen LogP contribution in [0.15, 0.2) is 30.4 Å². The predicted octanol–water partition coefficient (Wildman–Crippen LogP) is 1.55. The number of fused-ring (bicyclic) bond motifs is 1. The van der Waals surface area contributed by atoms with Gasteiger partial charge in [-0.3, -0.25) is 0 Å². The molecule has 0 radical (unpaired) electrons. The second-order valence-electron chi connectivity index (χ2n) is 6.71. The van der Waals surface area contributed by atoms with Crippen molar-refractivity contribution in [3.63, 3.8) is 0 Å². The molecule has 3 rings (SSSR count). The Labute approximate surface area is 146 Å². The molecule has 0 saturated heterocycles. The molecule has 1 aliphatic carbocycles. The Morgan fingerprint density at radius 2 is 2.04 bits per heavy atom. The lowest BCUT2D eigenvalue weighted by Gasteiger charge is -2.14. The van der Waals surface area contributed by atoms with Gasteiger partial charge < -0.3 is 31.7 Å². The quantitative estimate of drug-likeness (QED) is 0.421. The molecule has 136 valence electrons. The summed E-state index contributed by atoms with van der Waals surface area (Å²) < 4.78 is 2.17. The van der Waals surface area contributed by atoms with Crippen LogP contribution < -0.4 is 11.5 Å². The summed E-state index contributed by atoms with van der Waals surface area (Å²) in [5.41, 5.74) is 13.5. The first-order valence-corrected chi connectivity index (χ1v) is 8.18. The number of rotatable bonds is 3. The van der Waals surface area contributed by atoms with Gasteiger partial charge in [-0.2, -0.15) is 0 Å². The molecule has 8 heteroatoms. The van der Waals surface area contributed by atoms with E-state index in [1.165, 1.54) is 26.4 Å². The van der Waals surface area contributed by atoms with Crippen LogP contribution in [0.5, 0.6) is 0 Å². The van der Waals surface area contributed by atoms with E-state index in [0.29, 0.717) is 17.8 Å². The highest BCUT2D eigenvalue weighted by Gasteiger charge is 2.28. The van der Waals surface area contributed by atoms with Crippen molar-refractivity contribution in [2.75, 3.05) is 5.73 Å². The molecule has 2 aromatic rings. The SMILES string of the molecule is CC(C)(O)O.N=C/C=C(\N)C1CCC(n2ccc3c(N)ncnc32)C1. The maximum Gasteiger partial charge on any atom is 0.156 e. The molecule has 2 atom stereocenters. The van der Waals surface area contributed by atoms with Crippen molar-refractivity contribution in [2.45, 2.75) is 44.9 Å². The minimum Gasteiger partial charge on any atom is -0.402 e. The van der Waals surface area contributed by atoms with Crippen molar-refractivity contribution in [3.05, 3.63) is 30.4 Å². The predicted molar refractivity (Wildman–Crippen MR) is 97.9 cm³/mol. The molecule has 1 aliphatic rings. The van der Waals surface area contributed by atoms with Crippen LogP contribution in [0.3, 0.4) is 0 Å². The molecule has 25 heavy (non-hydrogen) atoms. The summed E-state index contributed by atoms with van der Waals surface area (Å²) in [6.45, 7) is 2.60. The number of allylic oxidation sites excluding steroid dienone is 2. The van der Waals surface area contributed by atoms with Crippen molar-refractivity contribution in [2.24, 2.45) is 11.7 Å². The highest BCUT2D eigenvalue weighted by atomic mass is 16.5. The van der Waals surface area contributed by atoms with Crippen LogP contribution >= 0.6 is 0 Å². The third kappa shape index (κ3) is 5.01. The van der Waals surface area contributed by atoms with Crippen LogP contribution in [-0.4, -0.2) is 36.7 Å². The van der Waals surface area contributed by atoms with Gasteiger partial charge in [-0.25, -0.2) is 9.97 Å². The Kier molecular flexibility index (Phi) is 5.76. The fourth-order valence-electron chi connectivity index (χ4n) is 3.03. The number of nitrogen functional groups attached to an aromatic ring is 1. The van der Waals surface area contributed by atoms with E-state index in [9.17, 15) is 0 Å². The summed E-state index contributed by atoms with van der Waals surface area (Å²) in [6, 6.07) is 2.35. The minimum atomic E-state index is -1.50. The van der Waals surface area contributed by atoms with E-state index in [1.54, 1.807) is 6.08 Å². The molecule has 8 nitrogen and oxygen atoms in total. The summed E-state index contributed by atoms with van der Waals surface area (Å²) in [7, 11) is 0. The van der Waals surface area contributed by atoms with Crippen LogP contribution in [0.25, 0.3) is 11.0 Å². The van der Waals surface area contributed by atoms with Gasteiger partial charge in [-0.1, -0.05) is 0 Å². The van der Waals surface area contributed by atoms with E-state index in [1.807, 2.05) is 12.3 Å². The summed E-state index contributed by atoms with van der Waals surface area (Å²) >= 11 is 0. The smallest absolute Gasteiger partial charge is 0.156 e. The number of hydrogen-bond acceptors (Lipinski definition) is 7. The highest BCUT2D eigenvalue weighted by Crippen LogP contribution is 2.38. The fraction of sp³-hybridized carbons (Fsp3) is 0.471. The van der Waals surface area contributed by atoms with Gasteiger partial charge >= 0.3 is 0 Å². The van der Waals surface area contributed by atoms with E-state index in [0.717, 1.165) is 36.0 Å². The molecule has 0 amide bonds. The Balaban J connectivity index is 0.000000399. The number of nitrogens with one attached hydrogen (secondary N) is 1. The standard InChI is InChI=1S/C14H18N6.C3H8O2/c15-5-3-12(16)9-1-2-10(7-9)20-6-4-11-13(17)18-8-19-14(11)20;1-3(2,4)5/h3-6,8-10,15H,1-2,7,16H2,(H2,17,18,19);4-5H,1-2H3/b12-3-,15-5?;. The number of anilines is 1. The molecule has 7 N–H and O–H groups in total. The van der Waals surface area contributed by atoms with Gasteiger partial charge in [-0.05, 0) is 45.3 Å². The largest absolute Gasteiger partial charge is 0.402 e. The second-order valence-corrected chi connectivity index (χ2v) is 6.71. The molecule has 0 bridgehead atoms. The zero-order valence-corrected chi connectivity index (χ0v) is 14.6. The molecule has 2 aromatic heterocycles. The van der Waals surface area contributed by atoms with Crippen molar-refractivity contribution in [1.29, 1.82) is 5.41 Å². The van der Waals surface area contributed by atoms with E-state index in [2.05, 4.69) is 14.5 Å². The summed E-state index contributed by atoms with van der Waals surface area (Å²) in [4.78, 5) is 8.36. The normalized spacial score (nSPS) is 21.0. The molecule has 2 unspecified atom stereocenters. The number of nitrogens with two attached hydrogens (primary N) is 2. The Morgan fingerprint density at radius 3 is 2.68 bits per heavy atom. The number of aromatic nitrogens is 3. The van der Waals surface area contributed by atoms with E-state index in [4.69, 9.17) is 27.1 Å². The lowest BCUT2D eigenvalue weighted by atomic mass is 10.0. The third-order valence-corrected chi connectivity index (χ3v) is 4.09. The number of nitrogens with zero attached hydrogens (tertiary/aromatic N) is 3. The zero-order valence-electron chi connectivity index (χ0n) is 14.6. The van der Waals surface area contributed by atoms with Gasteiger partial charge in [0.15, 0.2) is 5.79 Å². The van der Waals surface area contributed by atoms with Crippen LogP contribution in [0, 0.1) is 11.3 Å². The van der Waals surface area contributed by atoms with E-state index < -0.39 is 5.79 Å². The van der Waals surface area contributed by atoms with E-state index >= 15 is 0 Å². The molecular weight excluding hydrogens is 320 g/mol. The Bertz CT molecular complexity index is 756. The Hall–Kier alpha value is -2.45. The Morgan fingerprint density at radius 1 is 1.36 bits per heavy atom. The summed E-state index contributed by atoms with van der Waals surface area (Å²) in [5.74, 6) is -0.634. The van der Waals surface area contributed by atoms with Gasteiger partial charge in [0.25, 0.3) is 0 Å². The third-order valence-electron chi connectivity index (χ3n) is 4.09. The highest BCUT2D eigenvalue weighted by molar-refractivity contribution is 5.86.